The average molecular weight is 268 g/mol. The fourth-order valence-electron chi connectivity index (χ4n) is 3.06. The second-order valence-corrected chi connectivity index (χ2v) is 5.74. The van der Waals surface area contributed by atoms with E-state index in [0.717, 1.165) is 25.9 Å². The van der Waals surface area contributed by atoms with Crippen LogP contribution in [0.2, 0.25) is 0 Å². The summed E-state index contributed by atoms with van der Waals surface area (Å²) in [6, 6.07) is 0. The molecule has 0 saturated carbocycles. The molecule has 0 bridgehead atoms. The molecule has 6 heteroatoms. The number of piperidine rings is 1. The smallest absolute Gasteiger partial charge is 0.407 e. The summed E-state index contributed by atoms with van der Waals surface area (Å²) in [5.41, 5.74) is -0.371. The molecular weight excluding hydrogens is 248 g/mol. The van der Waals surface area contributed by atoms with Crippen molar-refractivity contribution in [1.29, 1.82) is 0 Å². The number of carbonyl (C=O) groups is 2. The van der Waals surface area contributed by atoms with Gasteiger partial charge in [-0.05, 0) is 12.3 Å². The van der Waals surface area contributed by atoms with Crippen LogP contribution in [0.1, 0.15) is 25.7 Å². The van der Waals surface area contributed by atoms with Crippen molar-refractivity contribution in [3.05, 3.63) is 0 Å². The molecule has 0 aromatic rings. The van der Waals surface area contributed by atoms with Gasteiger partial charge in [0, 0.05) is 45.6 Å². The lowest BCUT2D eigenvalue weighted by Gasteiger charge is -2.37. The molecule has 2 amide bonds. The number of alkyl carbamates (subject to hydrolysis) is 1. The third-order valence-electron chi connectivity index (χ3n) is 4.38. The molecule has 0 unspecified atom stereocenters. The fraction of sp³-hybridized carbons (Fsp3) is 0.846. The number of nitrogens with zero attached hydrogens (tertiary/aromatic N) is 1. The van der Waals surface area contributed by atoms with E-state index in [0.29, 0.717) is 38.6 Å². The lowest BCUT2D eigenvalue weighted by atomic mass is 9.91. The number of likely N-dealkylation sites (tertiary alicyclic amines) is 1. The Bertz CT molecular complexity index is 371. The molecule has 3 heterocycles. The van der Waals surface area contributed by atoms with Gasteiger partial charge in [-0.15, -0.1) is 0 Å². The molecule has 1 spiro atoms. The fourth-order valence-corrected chi connectivity index (χ4v) is 3.06. The number of carbonyl (C=O) groups excluding carboxylic acids is 2. The quantitative estimate of drug-likeness (QED) is 0.792. The van der Waals surface area contributed by atoms with Crippen molar-refractivity contribution in [2.45, 2.75) is 31.3 Å². The van der Waals surface area contributed by atoms with Gasteiger partial charge >= 0.3 is 6.09 Å². The third kappa shape index (κ3) is 2.68. The number of nitrogens with one attached hydrogen (secondary N) is 1. The minimum absolute atomic E-state index is 0.211. The molecule has 3 rings (SSSR count). The Morgan fingerprint density at radius 3 is 2.79 bits per heavy atom. The Balaban J connectivity index is 1.49. The minimum Gasteiger partial charge on any atom is -0.441 e. The van der Waals surface area contributed by atoms with Gasteiger partial charge in [0.1, 0.15) is 5.60 Å². The largest absolute Gasteiger partial charge is 0.441 e. The maximum Gasteiger partial charge on any atom is 0.407 e. The molecule has 0 aromatic carbocycles. The van der Waals surface area contributed by atoms with Crippen molar-refractivity contribution < 1.29 is 19.1 Å². The van der Waals surface area contributed by atoms with Gasteiger partial charge in [0.2, 0.25) is 5.91 Å². The van der Waals surface area contributed by atoms with Crippen LogP contribution in [0.3, 0.4) is 0 Å². The van der Waals surface area contributed by atoms with Gasteiger partial charge in [0.25, 0.3) is 0 Å². The van der Waals surface area contributed by atoms with Crippen molar-refractivity contribution in [3.8, 4) is 0 Å². The lowest BCUT2D eigenvalue weighted by molar-refractivity contribution is -0.135. The first-order valence-corrected chi connectivity index (χ1v) is 6.99. The van der Waals surface area contributed by atoms with E-state index < -0.39 is 0 Å². The zero-order valence-corrected chi connectivity index (χ0v) is 11.0. The standard InChI is InChI=1S/C13H20N2O4/c16-11(7-10-1-6-18-8-10)15-4-2-13(3-5-15)9-14-12(17)19-13/h10H,1-9H2,(H,14,17)/t10-/m0/s1. The normalized spacial score (nSPS) is 29.4. The topological polar surface area (TPSA) is 67.9 Å². The molecule has 6 nitrogen and oxygen atoms in total. The summed E-state index contributed by atoms with van der Waals surface area (Å²) in [7, 11) is 0. The molecule has 0 aliphatic carbocycles. The highest BCUT2D eigenvalue weighted by atomic mass is 16.6. The van der Waals surface area contributed by atoms with Crippen molar-refractivity contribution in [2.24, 2.45) is 5.92 Å². The first-order chi connectivity index (χ1) is 9.17. The Hall–Kier alpha value is -1.30. The van der Waals surface area contributed by atoms with Gasteiger partial charge in [-0.2, -0.15) is 0 Å². The second-order valence-electron chi connectivity index (χ2n) is 5.74. The van der Waals surface area contributed by atoms with Crippen LogP contribution in [0.15, 0.2) is 0 Å². The van der Waals surface area contributed by atoms with Crippen LogP contribution in [0.5, 0.6) is 0 Å². The van der Waals surface area contributed by atoms with Crippen molar-refractivity contribution in [1.82, 2.24) is 10.2 Å². The molecule has 3 aliphatic rings. The predicted octanol–water partition coefficient (Wildman–Crippen LogP) is 0.514. The number of amides is 2. The van der Waals surface area contributed by atoms with Crippen molar-refractivity contribution in [2.75, 3.05) is 32.8 Å². The Morgan fingerprint density at radius 2 is 2.21 bits per heavy atom. The Kier molecular flexibility index (Phi) is 3.35. The Morgan fingerprint density at radius 1 is 1.42 bits per heavy atom. The monoisotopic (exact) mass is 268 g/mol. The number of ether oxygens (including phenoxy) is 2. The molecular formula is C13H20N2O4. The summed E-state index contributed by atoms with van der Waals surface area (Å²) in [5, 5.41) is 2.70. The highest BCUT2D eigenvalue weighted by Gasteiger charge is 2.43. The maximum atomic E-state index is 12.2. The zero-order valence-electron chi connectivity index (χ0n) is 11.0. The van der Waals surface area contributed by atoms with Crippen LogP contribution < -0.4 is 5.32 Å². The zero-order chi connectivity index (χ0) is 13.3. The summed E-state index contributed by atoms with van der Waals surface area (Å²) < 4.78 is 10.6. The minimum atomic E-state index is -0.371. The lowest BCUT2D eigenvalue weighted by Crippen LogP contribution is -2.48. The van der Waals surface area contributed by atoms with Crippen LogP contribution in [0.4, 0.5) is 4.79 Å². The van der Waals surface area contributed by atoms with E-state index in [2.05, 4.69) is 5.32 Å². The van der Waals surface area contributed by atoms with E-state index in [1.54, 1.807) is 0 Å². The number of rotatable bonds is 2. The van der Waals surface area contributed by atoms with Crippen LogP contribution in [0, 0.1) is 5.92 Å². The van der Waals surface area contributed by atoms with Gasteiger partial charge in [-0.25, -0.2) is 4.79 Å². The third-order valence-corrected chi connectivity index (χ3v) is 4.38. The predicted molar refractivity (Wildman–Crippen MR) is 66.6 cm³/mol. The molecule has 19 heavy (non-hydrogen) atoms. The molecule has 3 saturated heterocycles. The van der Waals surface area contributed by atoms with E-state index >= 15 is 0 Å². The molecule has 0 radical (unpaired) electrons. The van der Waals surface area contributed by atoms with Crippen molar-refractivity contribution in [3.63, 3.8) is 0 Å². The van der Waals surface area contributed by atoms with Gasteiger partial charge in [0.15, 0.2) is 0 Å². The van der Waals surface area contributed by atoms with E-state index in [9.17, 15) is 9.59 Å². The highest BCUT2D eigenvalue weighted by molar-refractivity contribution is 5.76. The molecule has 3 aliphatic heterocycles. The van der Waals surface area contributed by atoms with Gasteiger partial charge in [0.05, 0.1) is 6.54 Å². The number of hydrogen-bond acceptors (Lipinski definition) is 4. The maximum absolute atomic E-state index is 12.2. The van der Waals surface area contributed by atoms with E-state index in [1.165, 1.54) is 0 Å². The van der Waals surface area contributed by atoms with E-state index in [-0.39, 0.29) is 17.6 Å². The molecule has 106 valence electrons. The summed E-state index contributed by atoms with van der Waals surface area (Å²) in [5.74, 6) is 0.594. The first-order valence-electron chi connectivity index (χ1n) is 6.99. The van der Waals surface area contributed by atoms with E-state index in [1.807, 2.05) is 4.90 Å². The highest BCUT2D eigenvalue weighted by Crippen LogP contribution is 2.30. The number of hydrogen-bond donors (Lipinski definition) is 1. The molecule has 1 N–H and O–H groups in total. The molecule has 3 fully saturated rings. The summed E-state index contributed by atoms with van der Waals surface area (Å²) in [4.78, 5) is 25.2. The first kappa shape index (κ1) is 12.7. The van der Waals surface area contributed by atoms with Gasteiger partial charge in [-0.3, -0.25) is 4.79 Å². The van der Waals surface area contributed by atoms with E-state index in [4.69, 9.17) is 9.47 Å². The van der Waals surface area contributed by atoms with Crippen molar-refractivity contribution >= 4 is 12.0 Å². The summed E-state index contributed by atoms with van der Waals surface area (Å²) >= 11 is 0. The second kappa shape index (κ2) is 5.00. The molecule has 1 atom stereocenters. The van der Waals surface area contributed by atoms with Gasteiger partial charge in [-0.1, -0.05) is 0 Å². The average Bonchev–Trinajstić information content (AvgIpc) is 3.01. The SMILES string of the molecule is O=C1NCC2(CCN(C(=O)C[C@@H]3CCOC3)CC2)O1. The summed E-state index contributed by atoms with van der Waals surface area (Å²) in [6.45, 7) is 3.43. The molecule has 0 aromatic heterocycles. The van der Waals surface area contributed by atoms with Gasteiger partial charge < -0.3 is 19.7 Å². The Labute approximate surface area is 112 Å². The van der Waals surface area contributed by atoms with Crippen LogP contribution in [0.25, 0.3) is 0 Å². The van der Waals surface area contributed by atoms with Crippen LogP contribution in [-0.2, 0) is 14.3 Å². The van der Waals surface area contributed by atoms with Crippen LogP contribution in [-0.4, -0.2) is 55.3 Å². The summed E-state index contributed by atoms with van der Waals surface area (Å²) in [6.07, 6.45) is 2.72. The van der Waals surface area contributed by atoms with Crippen LogP contribution >= 0.6 is 0 Å².